The van der Waals surface area contributed by atoms with Gasteiger partial charge in [-0.15, -0.1) is 0 Å². The molecule has 1 fully saturated rings. The van der Waals surface area contributed by atoms with Crippen LogP contribution in [0.1, 0.15) is 39.5 Å². The number of rotatable bonds is 4. The maximum atomic E-state index is 11.4. The van der Waals surface area contributed by atoms with Crippen molar-refractivity contribution in [2.75, 3.05) is 24.6 Å². The third-order valence-electron chi connectivity index (χ3n) is 4.94. The second kappa shape index (κ2) is 6.16. The second-order valence-corrected chi connectivity index (χ2v) is 8.92. The average molecular weight is 301 g/mol. The first-order valence-corrected chi connectivity index (χ1v) is 9.44. The summed E-state index contributed by atoms with van der Waals surface area (Å²) in [5.41, 5.74) is 0.593. The van der Waals surface area contributed by atoms with E-state index in [-0.39, 0.29) is 11.5 Å². The Balaban J connectivity index is 1.81. The Morgan fingerprint density at radius 1 is 1.40 bits per heavy atom. The molecule has 0 radical (unpaired) electrons. The molecule has 0 aromatic carbocycles. The van der Waals surface area contributed by atoms with Crippen LogP contribution in [0.25, 0.3) is 0 Å². The van der Waals surface area contributed by atoms with Crippen LogP contribution in [-0.4, -0.2) is 43.7 Å². The maximum absolute atomic E-state index is 11.4. The zero-order valence-electron chi connectivity index (χ0n) is 12.6. The number of nitrogens with one attached hydrogen (secondary N) is 1. The molecule has 0 spiro atoms. The summed E-state index contributed by atoms with van der Waals surface area (Å²) in [4.78, 5) is 0. The van der Waals surface area contributed by atoms with E-state index in [1.165, 1.54) is 18.4 Å². The fourth-order valence-corrected chi connectivity index (χ4v) is 4.88. The van der Waals surface area contributed by atoms with E-state index in [2.05, 4.69) is 25.2 Å². The Hall–Kier alpha value is -0.390. The SMILES string of the molecule is CC1=CCC[C@H](C)[C@@H]1CNCC1(O)CCS(=O)(=O)CC1. The van der Waals surface area contributed by atoms with Gasteiger partial charge in [0, 0.05) is 13.1 Å². The lowest BCUT2D eigenvalue weighted by Crippen LogP contribution is -2.48. The van der Waals surface area contributed by atoms with E-state index in [4.69, 9.17) is 0 Å². The summed E-state index contributed by atoms with van der Waals surface area (Å²) < 4.78 is 22.8. The molecular formula is C15H27NO3S. The van der Waals surface area contributed by atoms with Gasteiger partial charge in [0.15, 0.2) is 9.84 Å². The van der Waals surface area contributed by atoms with Crippen molar-refractivity contribution in [2.45, 2.75) is 45.1 Å². The summed E-state index contributed by atoms with van der Waals surface area (Å²) in [6.45, 7) is 5.84. The highest BCUT2D eigenvalue weighted by molar-refractivity contribution is 7.91. The molecule has 0 aromatic heterocycles. The fourth-order valence-electron chi connectivity index (χ4n) is 3.29. The van der Waals surface area contributed by atoms with Crippen LogP contribution in [-0.2, 0) is 9.84 Å². The molecule has 116 valence electrons. The predicted octanol–water partition coefficient (Wildman–Crippen LogP) is 1.51. The molecule has 5 heteroatoms. The van der Waals surface area contributed by atoms with Gasteiger partial charge in [-0.1, -0.05) is 18.6 Å². The molecule has 2 N–H and O–H groups in total. The van der Waals surface area contributed by atoms with E-state index >= 15 is 0 Å². The van der Waals surface area contributed by atoms with Crippen LogP contribution >= 0.6 is 0 Å². The van der Waals surface area contributed by atoms with Crippen LogP contribution in [0.3, 0.4) is 0 Å². The van der Waals surface area contributed by atoms with Crippen LogP contribution in [0.5, 0.6) is 0 Å². The molecule has 1 heterocycles. The largest absolute Gasteiger partial charge is 0.388 e. The molecule has 0 bridgehead atoms. The summed E-state index contributed by atoms with van der Waals surface area (Å²) in [6.07, 6.45) is 5.43. The van der Waals surface area contributed by atoms with E-state index in [9.17, 15) is 13.5 Å². The lowest BCUT2D eigenvalue weighted by Gasteiger charge is -2.34. The average Bonchev–Trinajstić information content (AvgIpc) is 2.38. The van der Waals surface area contributed by atoms with Gasteiger partial charge in [0.25, 0.3) is 0 Å². The first kappa shape index (κ1) is 16.0. The number of aliphatic hydroxyl groups is 1. The molecule has 2 aliphatic rings. The van der Waals surface area contributed by atoms with Crippen molar-refractivity contribution < 1.29 is 13.5 Å². The maximum Gasteiger partial charge on any atom is 0.150 e. The molecule has 1 aliphatic heterocycles. The second-order valence-electron chi connectivity index (χ2n) is 6.62. The number of hydrogen-bond acceptors (Lipinski definition) is 4. The van der Waals surface area contributed by atoms with Crippen molar-refractivity contribution in [3.05, 3.63) is 11.6 Å². The summed E-state index contributed by atoms with van der Waals surface area (Å²) in [5, 5.41) is 13.8. The molecule has 0 saturated carbocycles. The van der Waals surface area contributed by atoms with Crippen molar-refractivity contribution in [1.82, 2.24) is 5.32 Å². The highest BCUT2D eigenvalue weighted by atomic mass is 32.2. The minimum atomic E-state index is -2.91. The number of allylic oxidation sites excluding steroid dienone is 1. The number of hydrogen-bond donors (Lipinski definition) is 2. The highest BCUT2D eigenvalue weighted by Gasteiger charge is 2.35. The van der Waals surface area contributed by atoms with Crippen LogP contribution in [0, 0.1) is 11.8 Å². The third kappa shape index (κ3) is 4.06. The monoisotopic (exact) mass is 301 g/mol. The fraction of sp³-hybridized carbons (Fsp3) is 0.867. The minimum Gasteiger partial charge on any atom is -0.388 e. The molecule has 4 nitrogen and oxygen atoms in total. The van der Waals surface area contributed by atoms with Gasteiger partial charge >= 0.3 is 0 Å². The summed E-state index contributed by atoms with van der Waals surface area (Å²) in [6, 6.07) is 0. The van der Waals surface area contributed by atoms with Crippen LogP contribution in [0.4, 0.5) is 0 Å². The van der Waals surface area contributed by atoms with Gasteiger partial charge in [0.2, 0.25) is 0 Å². The molecule has 0 unspecified atom stereocenters. The highest BCUT2D eigenvalue weighted by Crippen LogP contribution is 2.30. The Bertz CT molecular complexity index is 456. The molecule has 20 heavy (non-hydrogen) atoms. The van der Waals surface area contributed by atoms with Crippen molar-refractivity contribution >= 4 is 9.84 Å². The Morgan fingerprint density at radius 2 is 2.05 bits per heavy atom. The van der Waals surface area contributed by atoms with Gasteiger partial charge in [0.1, 0.15) is 0 Å². The predicted molar refractivity (Wildman–Crippen MR) is 81.4 cm³/mol. The molecule has 2 rings (SSSR count). The van der Waals surface area contributed by atoms with Gasteiger partial charge in [-0.25, -0.2) is 8.42 Å². The molecule has 0 aromatic rings. The lowest BCUT2D eigenvalue weighted by atomic mass is 9.80. The first-order chi connectivity index (χ1) is 9.31. The summed E-state index contributed by atoms with van der Waals surface area (Å²) >= 11 is 0. The Labute approximate surface area is 122 Å². The zero-order valence-corrected chi connectivity index (χ0v) is 13.4. The molecular weight excluding hydrogens is 274 g/mol. The van der Waals surface area contributed by atoms with Crippen molar-refractivity contribution in [3.8, 4) is 0 Å². The van der Waals surface area contributed by atoms with Gasteiger partial charge in [0.05, 0.1) is 17.1 Å². The topological polar surface area (TPSA) is 66.4 Å². The first-order valence-electron chi connectivity index (χ1n) is 7.61. The van der Waals surface area contributed by atoms with Gasteiger partial charge < -0.3 is 10.4 Å². The molecule has 2 atom stereocenters. The van der Waals surface area contributed by atoms with E-state index < -0.39 is 15.4 Å². The number of sulfone groups is 1. The molecule has 1 aliphatic carbocycles. The zero-order chi connectivity index (χ0) is 14.8. The normalized spacial score (nSPS) is 32.6. The quantitative estimate of drug-likeness (QED) is 0.773. The van der Waals surface area contributed by atoms with Crippen molar-refractivity contribution in [1.29, 1.82) is 0 Å². The van der Waals surface area contributed by atoms with Crippen molar-refractivity contribution in [2.24, 2.45) is 11.8 Å². The molecule has 1 saturated heterocycles. The van der Waals surface area contributed by atoms with Gasteiger partial charge in [-0.2, -0.15) is 0 Å². The van der Waals surface area contributed by atoms with E-state index in [1.54, 1.807) is 0 Å². The standard InChI is InChI=1S/C15H27NO3S/c1-12-4-3-5-13(2)14(12)10-16-11-15(17)6-8-20(18,19)9-7-15/h4,13-14,16-17H,3,5-11H2,1-2H3/t13-,14+/m0/s1. The van der Waals surface area contributed by atoms with E-state index in [0.717, 1.165) is 6.54 Å². The van der Waals surface area contributed by atoms with Gasteiger partial charge in [-0.05, 0) is 44.4 Å². The minimum absolute atomic E-state index is 0.115. The van der Waals surface area contributed by atoms with Crippen LogP contribution in [0.15, 0.2) is 11.6 Å². The molecule has 0 amide bonds. The lowest BCUT2D eigenvalue weighted by molar-refractivity contribution is 0.0296. The summed E-state index contributed by atoms with van der Waals surface area (Å²) in [5.74, 6) is 1.45. The smallest absolute Gasteiger partial charge is 0.150 e. The van der Waals surface area contributed by atoms with Crippen LogP contribution < -0.4 is 5.32 Å². The van der Waals surface area contributed by atoms with Crippen molar-refractivity contribution in [3.63, 3.8) is 0 Å². The van der Waals surface area contributed by atoms with E-state index in [0.29, 0.717) is 31.2 Å². The Kier molecular flexibility index (Phi) is 4.92. The Morgan fingerprint density at radius 3 is 2.65 bits per heavy atom. The van der Waals surface area contributed by atoms with E-state index in [1.807, 2.05) is 0 Å². The third-order valence-corrected chi connectivity index (χ3v) is 6.59. The summed E-state index contributed by atoms with van der Waals surface area (Å²) in [7, 11) is -2.91. The van der Waals surface area contributed by atoms with Gasteiger partial charge in [-0.3, -0.25) is 0 Å². The van der Waals surface area contributed by atoms with Crippen LogP contribution in [0.2, 0.25) is 0 Å².